The number of sulfonamides is 1. The van der Waals surface area contributed by atoms with Gasteiger partial charge in [0.25, 0.3) is 0 Å². The summed E-state index contributed by atoms with van der Waals surface area (Å²) in [6.45, 7) is 3.69. The first-order chi connectivity index (χ1) is 11.9. The van der Waals surface area contributed by atoms with Crippen LogP contribution in [0.2, 0.25) is 5.02 Å². The molecule has 1 fully saturated rings. The van der Waals surface area contributed by atoms with Crippen LogP contribution in [0.25, 0.3) is 0 Å². The first-order valence-corrected chi connectivity index (χ1v) is 10.1. The van der Waals surface area contributed by atoms with Gasteiger partial charge in [-0.15, -0.1) is 12.4 Å². The number of hydrogen-bond donors (Lipinski definition) is 2. The van der Waals surface area contributed by atoms with Crippen molar-refractivity contribution < 1.29 is 13.2 Å². The normalized spacial score (nSPS) is 20.2. The Morgan fingerprint density at radius 3 is 2.54 bits per heavy atom. The van der Waals surface area contributed by atoms with Gasteiger partial charge in [-0.1, -0.05) is 24.6 Å². The van der Waals surface area contributed by atoms with Crippen LogP contribution in [0, 0.1) is 5.92 Å². The van der Waals surface area contributed by atoms with Crippen molar-refractivity contribution in [1.29, 1.82) is 0 Å². The summed E-state index contributed by atoms with van der Waals surface area (Å²) in [6.07, 6.45) is 0.788. The van der Waals surface area contributed by atoms with Gasteiger partial charge in [0.1, 0.15) is 11.5 Å². The molecule has 2 atom stereocenters. The summed E-state index contributed by atoms with van der Waals surface area (Å²) in [6, 6.07) is 13.4. The summed E-state index contributed by atoms with van der Waals surface area (Å²) >= 11 is 5.93. The molecule has 2 unspecified atom stereocenters. The molecule has 2 aromatic rings. The number of halogens is 2. The summed E-state index contributed by atoms with van der Waals surface area (Å²) in [5.41, 5.74) is 0. The van der Waals surface area contributed by atoms with Crippen molar-refractivity contribution in [1.82, 2.24) is 10.0 Å². The van der Waals surface area contributed by atoms with Gasteiger partial charge in [-0.25, -0.2) is 13.1 Å². The van der Waals surface area contributed by atoms with E-state index in [4.69, 9.17) is 16.3 Å². The maximum Gasteiger partial charge on any atom is 0.240 e. The lowest BCUT2D eigenvalue weighted by atomic mass is 9.97. The largest absolute Gasteiger partial charge is 0.457 e. The lowest BCUT2D eigenvalue weighted by molar-refractivity contribution is 0.328. The van der Waals surface area contributed by atoms with Crippen molar-refractivity contribution in [3.63, 3.8) is 0 Å². The van der Waals surface area contributed by atoms with E-state index in [1.807, 2.05) is 6.92 Å². The highest BCUT2D eigenvalue weighted by atomic mass is 35.5. The van der Waals surface area contributed by atoms with Crippen LogP contribution in [0.3, 0.4) is 0 Å². The zero-order valence-electron chi connectivity index (χ0n) is 14.3. The predicted octanol–water partition coefficient (Wildman–Crippen LogP) is 3.83. The third-order valence-corrected chi connectivity index (χ3v) is 6.00. The Balaban J connectivity index is 0.00000243. The predicted molar refractivity (Wildman–Crippen MR) is 106 cm³/mol. The Kier molecular flexibility index (Phi) is 7.32. The van der Waals surface area contributed by atoms with Crippen molar-refractivity contribution in [3.8, 4) is 11.5 Å². The molecule has 1 aliphatic heterocycles. The SMILES string of the molecule is CC1CNCCC1NS(=O)(=O)c1ccc(Oc2cccc(Cl)c2)cc1.Cl. The lowest BCUT2D eigenvalue weighted by Crippen LogP contribution is -2.48. The zero-order chi connectivity index (χ0) is 17.9. The van der Waals surface area contributed by atoms with Crippen LogP contribution in [0.5, 0.6) is 11.5 Å². The number of piperidine rings is 1. The van der Waals surface area contributed by atoms with E-state index in [2.05, 4.69) is 10.0 Å². The van der Waals surface area contributed by atoms with Crippen LogP contribution in [0.1, 0.15) is 13.3 Å². The second kappa shape index (κ2) is 9.06. The summed E-state index contributed by atoms with van der Waals surface area (Å²) in [5, 5.41) is 3.84. The number of hydrogen-bond acceptors (Lipinski definition) is 4. The fourth-order valence-electron chi connectivity index (χ4n) is 2.81. The Morgan fingerprint density at radius 2 is 1.88 bits per heavy atom. The molecular formula is C18H22Cl2N2O3S. The van der Waals surface area contributed by atoms with E-state index in [9.17, 15) is 8.42 Å². The van der Waals surface area contributed by atoms with E-state index in [-0.39, 0.29) is 29.3 Å². The van der Waals surface area contributed by atoms with Crippen LogP contribution >= 0.6 is 24.0 Å². The Labute approximate surface area is 165 Å². The number of rotatable bonds is 5. The van der Waals surface area contributed by atoms with Crippen molar-refractivity contribution in [2.24, 2.45) is 5.92 Å². The number of benzene rings is 2. The van der Waals surface area contributed by atoms with E-state index in [1.165, 1.54) is 0 Å². The molecule has 8 heteroatoms. The molecule has 5 nitrogen and oxygen atoms in total. The molecule has 0 radical (unpaired) electrons. The second-order valence-corrected chi connectivity index (χ2v) is 8.38. The molecule has 0 amide bonds. The average Bonchev–Trinajstić information content (AvgIpc) is 2.57. The lowest BCUT2D eigenvalue weighted by Gasteiger charge is -2.29. The first kappa shape index (κ1) is 21.0. The van der Waals surface area contributed by atoms with Crippen molar-refractivity contribution >= 4 is 34.0 Å². The Morgan fingerprint density at radius 1 is 1.15 bits per heavy atom. The van der Waals surface area contributed by atoms with Gasteiger partial charge in [0, 0.05) is 11.1 Å². The van der Waals surface area contributed by atoms with Crippen LogP contribution in [-0.2, 0) is 10.0 Å². The molecule has 0 saturated carbocycles. The molecule has 0 spiro atoms. The number of ether oxygens (including phenoxy) is 1. The van der Waals surface area contributed by atoms with Gasteiger partial charge in [0.15, 0.2) is 0 Å². The van der Waals surface area contributed by atoms with E-state index in [0.717, 1.165) is 19.5 Å². The zero-order valence-corrected chi connectivity index (χ0v) is 16.7. The number of nitrogens with one attached hydrogen (secondary N) is 2. The fourth-order valence-corrected chi connectivity index (χ4v) is 4.37. The highest BCUT2D eigenvalue weighted by Gasteiger charge is 2.26. The summed E-state index contributed by atoms with van der Waals surface area (Å²) in [5.74, 6) is 1.41. The standard InChI is InChI=1S/C18H21ClN2O3S.ClH/c1-13-12-20-10-9-18(13)21-25(22,23)17-7-5-15(6-8-17)24-16-4-2-3-14(19)11-16;/h2-8,11,13,18,20-21H,9-10,12H2,1H3;1H. The molecule has 0 bridgehead atoms. The smallest absolute Gasteiger partial charge is 0.240 e. The minimum atomic E-state index is -3.54. The molecule has 3 rings (SSSR count). The van der Waals surface area contributed by atoms with Crippen molar-refractivity contribution in [2.45, 2.75) is 24.3 Å². The van der Waals surface area contributed by atoms with Gasteiger partial charge in [0.05, 0.1) is 4.90 Å². The molecular weight excluding hydrogens is 395 g/mol. The van der Waals surface area contributed by atoms with E-state index < -0.39 is 10.0 Å². The third kappa shape index (κ3) is 5.34. The van der Waals surface area contributed by atoms with Gasteiger partial charge in [-0.05, 0) is 67.9 Å². The molecule has 2 N–H and O–H groups in total. The van der Waals surface area contributed by atoms with Crippen LogP contribution in [-0.4, -0.2) is 27.5 Å². The highest BCUT2D eigenvalue weighted by molar-refractivity contribution is 7.89. The monoisotopic (exact) mass is 416 g/mol. The molecule has 1 heterocycles. The molecule has 142 valence electrons. The Hall–Kier alpha value is -1.31. The first-order valence-electron chi connectivity index (χ1n) is 8.20. The molecule has 0 aliphatic carbocycles. The van der Waals surface area contributed by atoms with Crippen LogP contribution in [0.4, 0.5) is 0 Å². The second-order valence-electron chi connectivity index (χ2n) is 6.23. The maximum atomic E-state index is 12.6. The molecule has 1 aliphatic rings. The van der Waals surface area contributed by atoms with Crippen LogP contribution in [0.15, 0.2) is 53.4 Å². The van der Waals surface area contributed by atoms with Crippen molar-refractivity contribution in [2.75, 3.05) is 13.1 Å². The summed E-state index contributed by atoms with van der Waals surface area (Å²) < 4.78 is 33.6. The van der Waals surface area contributed by atoms with E-state index in [1.54, 1.807) is 48.5 Å². The van der Waals surface area contributed by atoms with Gasteiger partial charge >= 0.3 is 0 Å². The molecule has 26 heavy (non-hydrogen) atoms. The molecule has 1 saturated heterocycles. The maximum absolute atomic E-state index is 12.6. The Bertz CT molecular complexity index is 829. The summed E-state index contributed by atoms with van der Waals surface area (Å²) in [7, 11) is -3.54. The van der Waals surface area contributed by atoms with Gasteiger partial charge in [-0.3, -0.25) is 0 Å². The van der Waals surface area contributed by atoms with Crippen molar-refractivity contribution in [3.05, 3.63) is 53.6 Å². The van der Waals surface area contributed by atoms with E-state index >= 15 is 0 Å². The van der Waals surface area contributed by atoms with Gasteiger partial charge in [0.2, 0.25) is 10.0 Å². The van der Waals surface area contributed by atoms with Gasteiger partial charge in [-0.2, -0.15) is 0 Å². The molecule has 0 aromatic heterocycles. The minimum Gasteiger partial charge on any atom is -0.457 e. The summed E-state index contributed by atoms with van der Waals surface area (Å²) in [4.78, 5) is 0.233. The van der Waals surface area contributed by atoms with Crippen LogP contribution < -0.4 is 14.8 Å². The highest BCUT2D eigenvalue weighted by Crippen LogP contribution is 2.25. The topological polar surface area (TPSA) is 67.4 Å². The fraction of sp³-hybridized carbons (Fsp3) is 0.333. The van der Waals surface area contributed by atoms with Gasteiger partial charge < -0.3 is 10.1 Å². The third-order valence-electron chi connectivity index (χ3n) is 4.26. The quantitative estimate of drug-likeness (QED) is 0.776. The van der Waals surface area contributed by atoms with E-state index in [0.29, 0.717) is 16.5 Å². The average molecular weight is 417 g/mol. The minimum absolute atomic E-state index is 0. The molecule has 2 aromatic carbocycles.